The van der Waals surface area contributed by atoms with Gasteiger partial charge in [0, 0.05) is 12.3 Å². The van der Waals surface area contributed by atoms with Crippen LogP contribution in [0.1, 0.15) is 6.42 Å². The van der Waals surface area contributed by atoms with E-state index in [1.807, 2.05) is 0 Å². The largest absolute Gasteiger partial charge is 0.327 e. The minimum absolute atomic E-state index is 0.102. The van der Waals surface area contributed by atoms with Crippen molar-refractivity contribution in [3.8, 4) is 0 Å². The van der Waals surface area contributed by atoms with Crippen molar-refractivity contribution in [1.82, 2.24) is 15.5 Å². The third kappa shape index (κ3) is 3.67. The third-order valence-electron chi connectivity index (χ3n) is 1.16. The van der Waals surface area contributed by atoms with Crippen LogP contribution in [0, 0.1) is 0 Å². The van der Waals surface area contributed by atoms with Crippen molar-refractivity contribution in [1.29, 1.82) is 0 Å². The second-order valence-electron chi connectivity index (χ2n) is 2.19. The molecule has 0 fully saturated rings. The SMILES string of the molecule is O=C(CCCl)NC(=O)Nc1nncs1. The first-order valence-electron chi connectivity index (χ1n) is 3.65. The molecule has 6 nitrogen and oxygen atoms in total. The Hall–Kier alpha value is -1.21. The molecular formula is C6H7ClN4O2S. The highest BCUT2D eigenvalue weighted by Gasteiger charge is 2.08. The maximum Gasteiger partial charge on any atom is 0.327 e. The van der Waals surface area contributed by atoms with Crippen LogP contribution in [-0.4, -0.2) is 28.0 Å². The van der Waals surface area contributed by atoms with Gasteiger partial charge >= 0.3 is 6.03 Å². The van der Waals surface area contributed by atoms with Crippen molar-refractivity contribution in [3.63, 3.8) is 0 Å². The molecule has 0 aromatic carbocycles. The van der Waals surface area contributed by atoms with E-state index in [4.69, 9.17) is 11.6 Å². The number of urea groups is 1. The number of hydrogen-bond donors (Lipinski definition) is 2. The summed E-state index contributed by atoms with van der Waals surface area (Å²) in [6.07, 6.45) is 0.102. The summed E-state index contributed by atoms with van der Waals surface area (Å²) in [5.74, 6) is -0.250. The Morgan fingerprint density at radius 2 is 2.36 bits per heavy atom. The van der Waals surface area contributed by atoms with Gasteiger partial charge in [0.05, 0.1) is 0 Å². The van der Waals surface area contributed by atoms with Crippen molar-refractivity contribution < 1.29 is 9.59 Å². The third-order valence-corrected chi connectivity index (χ3v) is 1.95. The fourth-order valence-corrected chi connectivity index (χ4v) is 1.24. The lowest BCUT2D eigenvalue weighted by atomic mass is 10.4. The average molecular weight is 235 g/mol. The van der Waals surface area contributed by atoms with Gasteiger partial charge in [-0.15, -0.1) is 21.8 Å². The lowest BCUT2D eigenvalue weighted by molar-refractivity contribution is -0.119. The molecule has 76 valence electrons. The van der Waals surface area contributed by atoms with Crippen LogP contribution in [0.25, 0.3) is 0 Å². The van der Waals surface area contributed by atoms with Gasteiger partial charge in [0.1, 0.15) is 5.51 Å². The second-order valence-corrected chi connectivity index (χ2v) is 3.40. The van der Waals surface area contributed by atoms with E-state index >= 15 is 0 Å². The van der Waals surface area contributed by atoms with Crippen LogP contribution >= 0.6 is 22.9 Å². The quantitative estimate of drug-likeness (QED) is 0.759. The summed E-state index contributed by atoms with van der Waals surface area (Å²) >= 11 is 6.47. The highest BCUT2D eigenvalue weighted by atomic mass is 35.5. The Bertz CT molecular complexity index is 316. The van der Waals surface area contributed by atoms with Gasteiger partial charge in [-0.25, -0.2) is 4.79 Å². The number of carbonyl (C=O) groups excluding carboxylic acids is 2. The lowest BCUT2D eigenvalue weighted by Crippen LogP contribution is -2.34. The normalized spacial score (nSPS) is 9.50. The summed E-state index contributed by atoms with van der Waals surface area (Å²) < 4.78 is 0. The average Bonchev–Trinajstić information content (AvgIpc) is 2.56. The van der Waals surface area contributed by atoms with Gasteiger partial charge < -0.3 is 0 Å². The molecule has 0 saturated heterocycles. The molecule has 2 N–H and O–H groups in total. The maximum atomic E-state index is 11.0. The smallest absolute Gasteiger partial charge is 0.282 e. The Kier molecular flexibility index (Phi) is 4.27. The minimum Gasteiger partial charge on any atom is -0.282 e. The Morgan fingerprint density at radius 1 is 1.57 bits per heavy atom. The van der Waals surface area contributed by atoms with Crippen LogP contribution in [-0.2, 0) is 4.79 Å². The molecule has 0 bridgehead atoms. The number of alkyl halides is 1. The van der Waals surface area contributed by atoms with Crippen LogP contribution < -0.4 is 10.6 Å². The predicted octanol–water partition coefficient (Wildman–Crippen LogP) is 0.815. The zero-order chi connectivity index (χ0) is 10.4. The van der Waals surface area contributed by atoms with E-state index in [-0.39, 0.29) is 12.3 Å². The number of aromatic nitrogens is 2. The number of carbonyl (C=O) groups is 2. The topological polar surface area (TPSA) is 84.0 Å². The Labute approximate surface area is 88.7 Å². The first-order valence-corrected chi connectivity index (χ1v) is 5.06. The van der Waals surface area contributed by atoms with Gasteiger partial charge in [-0.3, -0.25) is 15.4 Å². The molecule has 1 rings (SSSR count). The standard InChI is InChI=1S/C6H7ClN4O2S/c7-2-1-4(12)9-5(13)10-6-11-8-3-14-6/h3H,1-2H2,(H2,9,10,11,12,13). The zero-order valence-electron chi connectivity index (χ0n) is 6.99. The number of hydrogen-bond acceptors (Lipinski definition) is 5. The fraction of sp³-hybridized carbons (Fsp3) is 0.333. The molecular weight excluding hydrogens is 228 g/mol. The number of anilines is 1. The van der Waals surface area contributed by atoms with E-state index < -0.39 is 11.9 Å². The van der Waals surface area contributed by atoms with Crippen LogP contribution in [0.5, 0.6) is 0 Å². The van der Waals surface area contributed by atoms with E-state index in [1.54, 1.807) is 0 Å². The summed E-state index contributed by atoms with van der Waals surface area (Å²) in [5.41, 5.74) is 1.47. The van der Waals surface area contributed by atoms with Crippen molar-refractivity contribution in [3.05, 3.63) is 5.51 Å². The van der Waals surface area contributed by atoms with E-state index in [9.17, 15) is 9.59 Å². The summed E-state index contributed by atoms with van der Waals surface area (Å²) in [6.45, 7) is 0. The molecule has 0 aliphatic rings. The number of halogens is 1. The van der Waals surface area contributed by atoms with E-state index in [0.29, 0.717) is 5.13 Å². The number of nitrogens with one attached hydrogen (secondary N) is 2. The van der Waals surface area contributed by atoms with Gasteiger partial charge in [0.15, 0.2) is 0 Å². The summed E-state index contributed by atoms with van der Waals surface area (Å²) in [7, 11) is 0. The van der Waals surface area contributed by atoms with Crippen molar-refractivity contribution >= 4 is 40.0 Å². The van der Waals surface area contributed by atoms with E-state index in [2.05, 4.69) is 20.8 Å². The molecule has 3 amide bonds. The van der Waals surface area contributed by atoms with Gasteiger partial charge in [0.2, 0.25) is 11.0 Å². The number of amides is 3. The van der Waals surface area contributed by atoms with Crippen molar-refractivity contribution in [2.24, 2.45) is 0 Å². The lowest BCUT2D eigenvalue weighted by Gasteiger charge is -2.01. The number of rotatable bonds is 3. The molecule has 0 radical (unpaired) electrons. The Morgan fingerprint density at radius 3 is 2.93 bits per heavy atom. The molecule has 1 aromatic rings. The molecule has 8 heteroatoms. The van der Waals surface area contributed by atoms with Crippen LogP contribution in [0.15, 0.2) is 5.51 Å². The monoisotopic (exact) mass is 234 g/mol. The van der Waals surface area contributed by atoms with Gasteiger partial charge in [-0.05, 0) is 0 Å². The number of imide groups is 1. The second kappa shape index (κ2) is 5.51. The highest BCUT2D eigenvalue weighted by molar-refractivity contribution is 7.13. The summed E-state index contributed by atoms with van der Waals surface area (Å²) in [4.78, 5) is 21.9. The number of nitrogens with zero attached hydrogens (tertiary/aromatic N) is 2. The molecule has 1 aromatic heterocycles. The fourth-order valence-electron chi connectivity index (χ4n) is 0.631. The van der Waals surface area contributed by atoms with Crippen LogP contribution in [0.3, 0.4) is 0 Å². The van der Waals surface area contributed by atoms with Crippen LogP contribution in [0.4, 0.5) is 9.93 Å². The van der Waals surface area contributed by atoms with E-state index in [0.717, 1.165) is 11.3 Å². The van der Waals surface area contributed by atoms with Crippen molar-refractivity contribution in [2.75, 3.05) is 11.2 Å². The molecule has 1 heterocycles. The molecule has 0 spiro atoms. The summed E-state index contributed by atoms with van der Waals surface area (Å²) in [5, 5.41) is 11.8. The minimum atomic E-state index is -0.628. The molecule has 0 aliphatic carbocycles. The first-order chi connectivity index (χ1) is 6.72. The van der Waals surface area contributed by atoms with E-state index in [1.165, 1.54) is 5.51 Å². The van der Waals surface area contributed by atoms with Gasteiger partial charge in [-0.1, -0.05) is 11.3 Å². The zero-order valence-corrected chi connectivity index (χ0v) is 8.56. The summed E-state index contributed by atoms with van der Waals surface area (Å²) in [6, 6.07) is -0.628. The molecule has 0 saturated carbocycles. The maximum absolute atomic E-state index is 11.0. The van der Waals surface area contributed by atoms with Crippen LogP contribution in [0.2, 0.25) is 0 Å². The van der Waals surface area contributed by atoms with Crippen molar-refractivity contribution in [2.45, 2.75) is 6.42 Å². The molecule has 0 unspecified atom stereocenters. The molecule has 0 aliphatic heterocycles. The molecule has 0 atom stereocenters. The first kappa shape index (κ1) is 10.9. The highest BCUT2D eigenvalue weighted by Crippen LogP contribution is 2.06. The molecule has 14 heavy (non-hydrogen) atoms. The predicted molar refractivity (Wildman–Crippen MR) is 52.4 cm³/mol. The van der Waals surface area contributed by atoms with Gasteiger partial charge in [0.25, 0.3) is 0 Å². The van der Waals surface area contributed by atoms with Gasteiger partial charge in [-0.2, -0.15) is 0 Å². The Balaban J connectivity index is 2.33.